The predicted molar refractivity (Wildman–Crippen MR) is 76.0 cm³/mol. The minimum Gasteiger partial charge on any atom is -0.434 e. The average Bonchev–Trinajstić information content (AvgIpc) is 2.82. The molecule has 3 aromatic rings. The van der Waals surface area contributed by atoms with E-state index < -0.39 is 6.61 Å². The molecule has 0 aliphatic carbocycles. The molecule has 0 fully saturated rings. The summed E-state index contributed by atoms with van der Waals surface area (Å²) in [7, 11) is 0. The van der Waals surface area contributed by atoms with Gasteiger partial charge in [-0.15, -0.1) is 0 Å². The van der Waals surface area contributed by atoms with E-state index in [1.807, 2.05) is 0 Å². The number of para-hydroxylation sites is 1. The molecule has 0 bridgehead atoms. The number of imidazole rings is 1. The van der Waals surface area contributed by atoms with E-state index in [1.165, 1.54) is 6.07 Å². The van der Waals surface area contributed by atoms with E-state index in [2.05, 4.69) is 19.7 Å². The summed E-state index contributed by atoms with van der Waals surface area (Å²) in [6.07, 6.45) is 0. The average molecular weight is 330 g/mol. The SMILES string of the molecule is FC(F)Oc1ccccc1-c1nc2nc(Cl)c(Cl)cc2[nH]1. The summed E-state index contributed by atoms with van der Waals surface area (Å²) in [4.78, 5) is 11.2. The van der Waals surface area contributed by atoms with Gasteiger partial charge in [0.15, 0.2) is 5.65 Å². The first-order chi connectivity index (χ1) is 10.0. The second kappa shape index (κ2) is 5.46. The molecule has 0 amide bonds. The van der Waals surface area contributed by atoms with Crippen molar-refractivity contribution in [2.75, 3.05) is 0 Å². The number of hydrogen-bond acceptors (Lipinski definition) is 3. The number of aromatic amines is 1. The van der Waals surface area contributed by atoms with Crippen LogP contribution < -0.4 is 4.74 Å². The molecule has 0 unspecified atom stereocenters. The standard InChI is InChI=1S/C13H7Cl2F2N3O/c14-7-5-8-12(19-10(7)15)20-11(18-8)6-3-1-2-4-9(6)21-13(16)17/h1-5,13H,(H,18,19,20). The van der Waals surface area contributed by atoms with E-state index in [1.54, 1.807) is 24.3 Å². The Morgan fingerprint density at radius 1 is 1.14 bits per heavy atom. The van der Waals surface area contributed by atoms with Crippen molar-refractivity contribution in [1.82, 2.24) is 15.0 Å². The summed E-state index contributed by atoms with van der Waals surface area (Å²) in [5, 5.41) is 0.399. The number of pyridine rings is 1. The first-order valence-electron chi connectivity index (χ1n) is 5.80. The fraction of sp³-hybridized carbons (Fsp3) is 0.0769. The molecule has 3 rings (SSSR count). The molecule has 21 heavy (non-hydrogen) atoms. The maximum atomic E-state index is 12.4. The van der Waals surface area contributed by atoms with Crippen LogP contribution in [-0.4, -0.2) is 21.6 Å². The number of ether oxygens (including phenoxy) is 1. The van der Waals surface area contributed by atoms with Gasteiger partial charge >= 0.3 is 6.61 Å². The van der Waals surface area contributed by atoms with Crippen LogP contribution >= 0.6 is 23.2 Å². The number of rotatable bonds is 3. The molecule has 108 valence electrons. The maximum absolute atomic E-state index is 12.4. The first-order valence-corrected chi connectivity index (χ1v) is 6.56. The van der Waals surface area contributed by atoms with E-state index in [0.29, 0.717) is 22.6 Å². The highest BCUT2D eigenvalue weighted by Gasteiger charge is 2.15. The van der Waals surface area contributed by atoms with E-state index in [0.717, 1.165) is 0 Å². The predicted octanol–water partition coefficient (Wildman–Crippen LogP) is 4.53. The Kier molecular flexibility index (Phi) is 3.65. The molecule has 4 nitrogen and oxygen atoms in total. The fourth-order valence-electron chi connectivity index (χ4n) is 1.88. The lowest BCUT2D eigenvalue weighted by Crippen LogP contribution is -2.03. The number of hydrogen-bond donors (Lipinski definition) is 1. The molecule has 0 aliphatic rings. The zero-order valence-corrected chi connectivity index (χ0v) is 11.8. The Bertz CT molecular complexity index is 768. The van der Waals surface area contributed by atoms with Crippen LogP contribution in [0.3, 0.4) is 0 Å². The van der Waals surface area contributed by atoms with E-state index in [-0.39, 0.29) is 15.9 Å². The van der Waals surface area contributed by atoms with Crippen molar-refractivity contribution >= 4 is 34.4 Å². The van der Waals surface area contributed by atoms with Gasteiger partial charge in [0, 0.05) is 0 Å². The zero-order valence-electron chi connectivity index (χ0n) is 10.3. The second-order valence-corrected chi connectivity index (χ2v) is 4.86. The van der Waals surface area contributed by atoms with Crippen LogP contribution in [0.4, 0.5) is 8.78 Å². The fourth-order valence-corrected chi connectivity index (χ4v) is 2.17. The highest BCUT2D eigenvalue weighted by atomic mass is 35.5. The summed E-state index contributed by atoms with van der Waals surface area (Å²) in [6.45, 7) is -2.92. The Balaban J connectivity index is 2.12. The first kappa shape index (κ1) is 14.0. The number of nitrogens with zero attached hydrogens (tertiary/aromatic N) is 2. The zero-order chi connectivity index (χ0) is 15.0. The van der Waals surface area contributed by atoms with Crippen LogP contribution in [0.5, 0.6) is 5.75 Å². The normalized spacial score (nSPS) is 11.3. The summed E-state index contributed by atoms with van der Waals surface area (Å²) < 4.78 is 29.3. The smallest absolute Gasteiger partial charge is 0.387 e. The molecule has 0 radical (unpaired) electrons. The van der Waals surface area contributed by atoms with Crippen molar-refractivity contribution in [3.8, 4) is 17.1 Å². The molecular weight excluding hydrogens is 323 g/mol. The van der Waals surface area contributed by atoms with Gasteiger partial charge in [0.1, 0.15) is 16.7 Å². The molecule has 1 N–H and O–H groups in total. The monoisotopic (exact) mass is 329 g/mol. The van der Waals surface area contributed by atoms with Crippen molar-refractivity contribution < 1.29 is 13.5 Å². The third-order valence-corrected chi connectivity index (χ3v) is 3.42. The summed E-state index contributed by atoms with van der Waals surface area (Å²) in [6, 6.07) is 7.89. The number of aromatic nitrogens is 3. The van der Waals surface area contributed by atoms with Crippen LogP contribution in [-0.2, 0) is 0 Å². The number of alkyl halides is 2. The molecule has 0 saturated heterocycles. The van der Waals surface area contributed by atoms with Gasteiger partial charge in [0.25, 0.3) is 0 Å². The van der Waals surface area contributed by atoms with Gasteiger partial charge in [-0.1, -0.05) is 35.3 Å². The Hall–Kier alpha value is -1.92. The van der Waals surface area contributed by atoms with Gasteiger partial charge in [-0.05, 0) is 18.2 Å². The number of fused-ring (bicyclic) bond motifs is 1. The third kappa shape index (κ3) is 2.77. The lowest BCUT2D eigenvalue weighted by molar-refractivity contribution is -0.0494. The summed E-state index contributed by atoms with van der Waals surface area (Å²) in [5.74, 6) is 0.357. The van der Waals surface area contributed by atoms with Gasteiger partial charge in [-0.25, -0.2) is 9.97 Å². The van der Waals surface area contributed by atoms with Crippen LogP contribution in [0, 0.1) is 0 Å². The second-order valence-electron chi connectivity index (χ2n) is 4.09. The lowest BCUT2D eigenvalue weighted by atomic mass is 10.2. The lowest BCUT2D eigenvalue weighted by Gasteiger charge is -2.08. The van der Waals surface area contributed by atoms with Crippen LogP contribution in [0.1, 0.15) is 0 Å². The van der Waals surface area contributed by atoms with Gasteiger partial charge in [0.05, 0.1) is 16.1 Å². The van der Waals surface area contributed by atoms with Gasteiger partial charge in [-0.3, -0.25) is 0 Å². The molecule has 2 aromatic heterocycles. The van der Waals surface area contributed by atoms with Gasteiger partial charge in [0.2, 0.25) is 0 Å². The largest absolute Gasteiger partial charge is 0.434 e. The summed E-state index contributed by atoms with van der Waals surface area (Å²) >= 11 is 11.7. The molecule has 0 atom stereocenters. The highest BCUT2D eigenvalue weighted by molar-refractivity contribution is 6.41. The van der Waals surface area contributed by atoms with Crippen LogP contribution in [0.25, 0.3) is 22.6 Å². The maximum Gasteiger partial charge on any atom is 0.387 e. The van der Waals surface area contributed by atoms with E-state index in [9.17, 15) is 8.78 Å². The third-order valence-electron chi connectivity index (χ3n) is 2.74. The van der Waals surface area contributed by atoms with Crippen LogP contribution in [0.2, 0.25) is 10.2 Å². The van der Waals surface area contributed by atoms with Crippen molar-refractivity contribution in [1.29, 1.82) is 0 Å². The van der Waals surface area contributed by atoms with Crippen molar-refractivity contribution in [2.45, 2.75) is 6.61 Å². The minimum atomic E-state index is -2.92. The number of nitrogens with one attached hydrogen (secondary N) is 1. The summed E-state index contributed by atoms with van der Waals surface area (Å²) in [5.41, 5.74) is 1.28. The van der Waals surface area contributed by atoms with E-state index >= 15 is 0 Å². The molecule has 2 heterocycles. The number of halogens is 4. The molecule has 0 saturated carbocycles. The molecular formula is C13H7Cl2F2N3O. The Morgan fingerprint density at radius 2 is 1.90 bits per heavy atom. The quantitative estimate of drug-likeness (QED) is 0.718. The van der Waals surface area contributed by atoms with Crippen LogP contribution in [0.15, 0.2) is 30.3 Å². The molecule has 0 aliphatic heterocycles. The molecule has 0 spiro atoms. The van der Waals surface area contributed by atoms with Gasteiger partial charge in [-0.2, -0.15) is 8.78 Å². The number of benzene rings is 1. The highest BCUT2D eigenvalue weighted by Crippen LogP contribution is 2.31. The Morgan fingerprint density at radius 3 is 2.67 bits per heavy atom. The van der Waals surface area contributed by atoms with Crippen molar-refractivity contribution in [3.05, 3.63) is 40.5 Å². The minimum absolute atomic E-state index is 0.0174. The topological polar surface area (TPSA) is 50.8 Å². The molecule has 8 heteroatoms. The van der Waals surface area contributed by atoms with Crippen molar-refractivity contribution in [2.24, 2.45) is 0 Å². The van der Waals surface area contributed by atoms with E-state index in [4.69, 9.17) is 23.2 Å². The van der Waals surface area contributed by atoms with Crippen molar-refractivity contribution in [3.63, 3.8) is 0 Å². The molecule has 1 aromatic carbocycles. The van der Waals surface area contributed by atoms with Gasteiger partial charge < -0.3 is 9.72 Å². The Labute approximate surface area is 127 Å². The number of H-pyrrole nitrogens is 1.